The van der Waals surface area contributed by atoms with E-state index in [1.165, 1.54) is 37.1 Å². The fourth-order valence-corrected chi connectivity index (χ4v) is 6.49. The Morgan fingerprint density at radius 3 is 2.32 bits per heavy atom. The van der Waals surface area contributed by atoms with Gasteiger partial charge in [0.2, 0.25) is 5.78 Å². The second-order valence-corrected chi connectivity index (χ2v) is 11.2. The van der Waals surface area contributed by atoms with E-state index in [1.54, 1.807) is 0 Å². The largest absolute Gasteiger partial charge is 0.508 e. The highest BCUT2D eigenvalue weighted by Crippen LogP contribution is 2.54. The second kappa shape index (κ2) is 10.3. The lowest BCUT2D eigenvalue weighted by molar-refractivity contribution is -0.153. The molecule has 0 unspecified atom stereocenters. The quantitative estimate of drug-likeness (QED) is 0.119. The number of aromatic hydroxyl groups is 1. The van der Waals surface area contributed by atoms with Crippen molar-refractivity contribution in [3.8, 4) is 5.75 Å². The number of hydrazine groups is 1. The Morgan fingerprint density at radius 1 is 1.15 bits per heavy atom. The standard InChI is InChI=1S/C27H33F3N4O7/c1-33(2)19-14-9-12-8-13-15(34(3)32)10-11(6-4-5-7-26(28,29)30)20(35)17(13)21(36)16(12)23(38)27(14,41)24(39)18(22(19)37)25(31)40/h10,12,14,19,35-36,39,41H,4-9,32H2,1-3H3,(H2,31,40)/t12-,14-,19-,27-/m0/s1. The highest BCUT2D eigenvalue weighted by Gasteiger charge is 2.64. The number of nitrogens with two attached hydrogens (primary N) is 2. The van der Waals surface area contributed by atoms with Gasteiger partial charge in [-0.2, -0.15) is 13.2 Å². The number of fused-ring (bicyclic) bond motifs is 3. The monoisotopic (exact) mass is 582 g/mol. The first kappa shape index (κ1) is 30.3. The number of unbranched alkanes of at least 4 members (excludes halogenated alkanes) is 1. The van der Waals surface area contributed by atoms with Crippen molar-refractivity contribution < 1.29 is 48.0 Å². The summed E-state index contributed by atoms with van der Waals surface area (Å²) in [5, 5.41) is 46.4. The van der Waals surface area contributed by atoms with E-state index in [0.717, 1.165) is 0 Å². The maximum absolute atomic E-state index is 13.9. The number of carbonyl (C=O) groups excluding carboxylic acids is 3. The van der Waals surface area contributed by atoms with Crippen molar-refractivity contribution in [2.75, 3.05) is 26.2 Å². The van der Waals surface area contributed by atoms with Gasteiger partial charge in [-0.1, -0.05) is 0 Å². The molecule has 3 aliphatic rings. The molecule has 1 amide bonds. The number of rotatable bonds is 7. The Hall–Kier alpha value is -3.62. The molecule has 1 aromatic rings. The van der Waals surface area contributed by atoms with Gasteiger partial charge in [0.15, 0.2) is 11.4 Å². The van der Waals surface area contributed by atoms with E-state index in [-0.39, 0.29) is 48.8 Å². The number of phenols is 1. The van der Waals surface area contributed by atoms with Crippen LogP contribution in [0.25, 0.3) is 5.76 Å². The summed E-state index contributed by atoms with van der Waals surface area (Å²) in [6, 6.07) is 0.304. The average molecular weight is 583 g/mol. The average Bonchev–Trinajstić information content (AvgIpc) is 2.83. The van der Waals surface area contributed by atoms with Gasteiger partial charge in [0.1, 0.15) is 22.8 Å². The van der Waals surface area contributed by atoms with E-state index < -0.39 is 76.4 Å². The van der Waals surface area contributed by atoms with Gasteiger partial charge in [0.25, 0.3) is 5.91 Å². The van der Waals surface area contributed by atoms with Gasteiger partial charge in [-0.05, 0) is 69.3 Å². The molecule has 1 saturated carbocycles. The van der Waals surface area contributed by atoms with E-state index in [1.807, 2.05) is 0 Å². The summed E-state index contributed by atoms with van der Waals surface area (Å²) in [7, 11) is 4.50. The number of alkyl halides is 3. The number of hydrogen-bond donors (Lipinski definition) is 6. The van der Waals surface area contributed by atoms with Gasteiger partial charge in [-0.25, -0.2) is 5.84 Å². The number of primary amides is 1. The van der Waals surface area contributed by atoms with E-state index in [9.17, 15) is 48.0 Å². The third-order valence-electron chi connectivity index (χ3n) is 8.31. The molecule has 1 aromatic carbocycles. The lowest BCUT2D eigenvalue weighted by atomic mass is 9.57. The highest BCUT2D eigenvalue weighted by atomic mass is 19.4. The molecule has 11 nitrogen and oxygen atoms in total. The second-order valence-electron chi connectivity index (χ2n) is 11.2. The van der Waals surface area contributed by atoms with Crippen molar-refractivity contribution in [3.05, 3.63) is 39.7 Å². The zero-order valence-electron chi connectivity index (χ0n) is 22.7. The molecule has 8 N–H and O–H groups in total. The summed E-state index contributed by atoms with van der Waals surface area (Å²) in [6.45, 7) is 0. The molecule has 14 heteroatoms. The summed E-state index contributed by atoms with van der Waals surface area (Å²) in [5.41, 5.74) is 2.05. The van der Waals surface area contributed by atoms with Crippen molar-refractivity contribution in [2.24, 2.45) is 23.4 Å². The number of amides is 1. The van der Waals surface area contributed by atoms with Gasteiger partial charge >= 0.3 is 6.18 Å². The number of carbonyl (C=O) groups is 3. The van der Waals surface area contributed by atoms with Crippen LogP contribution >= 0.6 is 0 Å². The van der Waals surface area contributed by atoms with Crippen LogP contribution in [0.1, 0.15) is 42.4 Å². The molecule has 0 bridgehead atoms. The number of aliphatic hydroxyl groups excluding tert-OH is 2. The van der Waals surface area contributed by atoms with Crippen LogP contribution in [0.5, 0.6) is 5.75 Å². The van der Waals surface area contributed by atoms with Crippen molar-refractivity contribution in [3.63, 3.8) is 0 Å². The Kier molecular flexibility index (Phi) is 7.65. The lowest BCUT2D eigenvalue weighted by Crippen LogP contribution is -2.65. The Morgan fingerprint density at radius 2 is 1.78 bits per heavy atom. The normalized spacial score (nSPS) is 26.2. The smallest absolute Gasteiger partial charge is 0.389 e. The molecule has 1 fully saturated rings. The Balaban J connectivity index is 1.87. The number of Topliss-reactive ketones (excluding diaryl/α,β-unsaturated/α-hetero) is 2. The molecule has 41 heavy (non-hydrogen) atoms. The van der Waals surface area contributed by atoms with Gasteiger partial charge in [0, 0.05) is 25.0 Å². The topological polar surface area (TPSA) is 191 Å². The maximum Gasteiger partial charge on any atom is 0.389 e. The minimum Gasteiger partial charge on any atom is -0.508 e. The number of benzene rings is 1. The van der Waals surface area contributed by atoms with E-state index in [0.29, 0.717) is 11.3 Å². The van der Waals surface area contributed by atoms with Gasteiger partial charge in [-0.3, -0.25) is 19.3 Å². The van der Waals surface area contributed by atoms with Crippen molar-refractivity contribution in [2.45, 2.75) is 56.3 Å². The first-order chi connectivity index (χ1) is 18.9. The van der Waals surface area contributed by atoms with Crippen LogP contribution in [0.2, 0.25) is 0 Å². The summed E-state index contributed by atoms with van der Waals surface area (Å²) >= 11 is 0. The minimum atomic E-state index is -4.33. The molecule has 0 heterocycles. The fourth-order valence-electron chi connectivity index (χ4n) is 6.49. The third kappa shape index (κ3) is 4.83. The summed E-state index contributed by atoms with van der Waals surface area (Å²) < 4.78 is 37.8. The van der Waals surface area contributed by atoms with E-state index in [2.05, 4.69) is 0 Å². The van der Waals surface area contributed by atoms with Gasteiger partial charge in [-0.15, -0.1) is 0 Å². The van der Waals surface area contributed by atoms with Crippen LogP contribution in [0.4, 0.5) is 18.9 Å². The molecule has 224 valence electrons. The van der Waals surface area contributed by atoms with Crippen LogP contribution in [-0.2, 0) is 27.2 Å². The highest BCUT2D eigenvalue weighted by molar-refractivity contribution is 6.24. The fraction of sp³-hybridized carbons (Fsp3) is 0.519. The van der Waals surface area contributed by atoms with E-state index in [4.69, 9.17) is 11.6 Å². The number of anilines is 1. The minimum absolute atomic E-state index is 0.0140. The molecule has 4 atom stereocenters. The number of aryl methyl sites for hydroxylation is 1. The summed E-state index contributed by atoms with van der Waals surface area (Å²) in [6.07, 6.45) is -5.51. The number of ketones is 2. The number of halogens is 3. The molecule has 3 aliphatic carbocycles. The van der Waals surface area contributed by atoms with Crippen LogP contribution in [0.15, 0.2) is 23.0 Å². The van der Waals surface area contributed by atoms with Crippen LogP contribution in [-0.4, -0.2) is 81.8 Å². The predicted octanol–water partition coefficient (Wildman–Crippen LogP) is 1.55. The van der Waals surface area contributed by atoms with Gasteiger partial charge in [0.05, 0.1) is 17.3 Å². The number of nitrogens with zero attached hydrogens (tertiary/aromatic N) is 2. The van der Waals surface area contributed by atoms with E-state index >= 15 is 0 Å². The third-order valence-corrected chi connectivity index (χ3v) is 8.31. The molecule has 0 spiro atoms. The lowest BCUT2D eigenvalue weighted by Gasteiger charge is -2.50. The zero-order chi connectivity index (χ0) is 30.8. The molecular weight excluding hydrogens is 549 g/mol. The molecule has 0 radical (unpaired) electrons. The Bertz CT molecular complexity index is 1390. The molecule has 0 saturated heterocycles. The summed E-state index contributed by atoms with van der Waals surface area (Å²) in [5.74, 6) is -1.65. The maximum atomic E-state index is 13.9. The van der Waals surface area contributed by atoms with Crippen molar-refractivity contribution in [1.29, 1.82) is 0 Å². The number of aliphatic hydroxyl groups is 3. The van der Waals surface area contributed by atoms with Gasteiger partial charge < -0.3 is 31.2 Å². The van der Waals surface area contributed by atoms with Crippen LogP contribution in [0.3, 0.4) is 0 Å². The predicted molar refractivity (Wildman–Crippen MR) is 140 cm³/mol. The molecule has 0 aromatic heterocycles. The van der Waals surface area contributed by atoms with Crippen LogP contribution < -0.4 is 16.6 Å². The molecule has 0 aliphatic heterocycles. The van der Waals surface area contributed by atoms with Crippen LogP contribution in [0, 0.1) is 11.8 Å². The first-order valence-electron chi connectivity index (χ1n) is 13.0. The molecule has 4 rings (SSSR count). The molecular formula is C27H33F3N4O7. The van der Waals surface area contributed by atoms with Crippen molar-refractivity contribution >= 4 is 28.9 Å². The number of likely N-dealkylation sites (N-methyl/N-ethyl adjacent to an activating group) is 1. The number of hydrogen-bond acceptors (Lipinski definition) is 10. The van der Waals surface area contributed by atoms with Crippen molar-refractivity contribution in [1.82, 2.24) is 4.90 Å². The first-order valence-corrected chi connectivity index (χ1v) is 13.0. The number of phenolic OH excluding ortho intramolecular Hbond substituents is 1. The SMILES string of the molecule is CN(N)c1cc(CCCCC(F)(F)F)c(O)c2c1C[C@H]1C[C@H]3[C@H](N(C)C)C(=O)C(C(N)=O)=C(O)[C@@]3(O)C(=O)C1=C2O. The zero-order valence-corrected chi connectivity index (χ0v) is 22.7. The summed E-state index contributed by atoms with van der Waals surface area (Å²) in [4.78, 5) is 40.6. The Labute approximate surface area is 233 Å².